The number of aryl methyl sites for hydroxylation is 1. The van der Waals surface area contributed by atoms with E-state index in [1.54, 1.807) is 12.4 Å². The van der Waals surface area contributed by atoms with Crippen LogP contribution < -0.4 is 5.32 Å². The van der Waals surface area contributed by atoms with Crippen molar-refractivity contribution in [2.24, 2.45) is 0 Å². The first kappa shape index (κ1) is 14.9. The van der Waals surface area contributed by atoms with E-state index in [0.717, 1.165) is 35.9 Å². The number of nitrogens with one attached hydrogen (secondary N) is 1. The number of amides is 1. The zero-order chi connectivity index (χ0) is 15.5. The minimum Gasteiger partial charge on any atom is -0.334 e. The summed E-state index contributed by atoms with van der Waals surface area (Å²) in [5.74, 6) is 0.863. The van der Waals surface area contributed by atoms with Crippen LogP contribution in [0.5, 0.6) is 0 Å². The molecule has 0 aromatic carbocycles. The summed E-state index contributed by atoms with van der Waals surface area (Å²) < 4.78 is 0. The molecule has 2 aromatic rings. The molecule has 1 aliphatic rings. The monoisotopic (exact) mass is 317 g/mol. The molecule has 0 radical (unpaired) electrons. The molecule has 0 spiro atoms. The highest BCUT2D eigenvalue weighted by atomic mass is 32.1. The van der Waals surface area contributed by atoms with Crippen molar-refractivity contribution >= 4 is 28.2 Å². The first-order valence-electron chi connectivity index (χ1n) is 7.48. The number of thiazole rings is 1. The topological polar surface area (TPSA) is 71.0 Å². The molecule has 1 N–H and O–H groups in total. The van der Waals surface area contributed by atoms with Gasteiger partial charge in [-0.1, -0.05) is 6.92 Å². The van der Waals surface area contributed by atoms with Gasteiger partial charge in [0.25, 0.3) is 0 Å². The van der Waals surface area contributed by atoms with E-state index in [9.17, 15) is 4.79 Å². The Bertz CT molecular complexity index is 671. The molecule has 1 fully saturated rings. The van der Waals surface area contributed by atoms with Gasteiger partial charge in [0.1, 0.15) is 5.69 Å². The van der Waals surface area contributed by atoms with E-state index in [2.05, 4.69) is 20.3 Å². The van der Waals surface area contributed by atoms with E-state index in [1.165, 1.54) is 11.3 Å². The van der Waals surface area contributed by atoms with Crippen LogP contribution in [0.2, 0.25) is 0 Å². The van der Waals surface area contributed by atoms with Crippen molar-refractivity contribution in [1.29, 1.82) is 0 Å². The summed E-state index contributed by atoms with van der Waals surface area (Å²) in [7, 11) is 0. The summed E-state index contributed by atoms with van der Waals surface area (Å²) in [6.07, 6.45) is 5.79. The van der Waals surface area contributed by atoms with Crippen molar-refractivity contribution in [1.82, 2.24) is 19.9 Å². The number of nitrogens with zero attached hydrogens (tertiary/aromatic N) is 4. The number of aromatic nitrogens is 3. The predicted molar refractivity (Wildman–Crippen MR) is 86.1 cm³/mol. The molecule has 0 aliphatic carbocycles. The van der Waals surface area contributed by atoms with Crippen molar-refractivity contribution in [3.8, 4) is 0 Å². The molecule has 0 bridgehead atoms. The average molecular weight is 317 g/mol. The summed E-state index contributed by atoms with van der Waals surface area (Å²) in [6.45, 7) is 4.65. The molecule has 1 amide bonds. The van der Waals surface area contributed by atoms with Gasteiger partial charge in [-0.3, -0.25) is 9.78 Å². The van der Waals surface area contributed by atoms with Crippen LogP contribution in [0.15, 0.2) is 17.8 Å². The average Bonchev–Trinajstić information content (AvgIpc) is 3.16. The zero-order valence-corrected chi connectivity index (χ0v) is 13.6. The third-order valence-electron chi connectivity index (χ3n) is 3.76. The molecule has 6 nitrogen and oxygen atoms in total. The molecule has 2 aromatic heterocycles. The van der Waals surface area contributed by atoms with Crippen molar-refractivity contribution in [2.75, 3.05) is 11.9 Å². The van der Waals surface area contributed by atoms with E-state index >= 15 is 0 Å². The lowest BCUT2D eigenvalue weighted by Crippen LogP contribution is -2.30. The third-order valence-corrected chi connectivity index (χ3v) is 4.64. The van der Waals surface area contributed by atoms with Gasteiger partial charge in [-0.15, -0.1) is 11.3 Å². The van der Waals surface area contributed by atoms with Crippen molar-refractivity contribution in [2.45, 2.75) is 39.2 Å². The van der Waals surface area contributed by atoms with Gasteiger partial charge in [-0.2, -0.15) is 0 Å². The van der Waals surface area contributed by atoms with E-state index in [0.29, 0.717) is 12.2 Å². The van der Waals surface area contributed by atoms with Crippen molar-refractivity contribution < 1.29 is 4.79 Å². The highest BCUT2D eigenvalue weighted by Crippen LogP contribution is 2.35. The molecule has 7 heteroatoms. The Labute approximate surface area is 133 Å². The molecule has 0 saturated carbocycles. The minimum atomic E-state index is 0.00436. The van der Waals surface area contributed by atoms with Gasteiger partial charge in [-0.05, 0) is 19.8 Å². The van der Waals surface area contributed by atoms with Crippen LogP contribution in [0, 0.1) is 6.92 Å². The third kappa shape index (κ3) is 2.94. The lowest BCUT2D eigenvalue weighted by Gasteiger charge is -2.25. The van der Waals surface area contributed by atoms with Gasteiger partial charge in [-0.25, -0.2) is 9.97 Å². The van der Waals surface area contributed by atoms with E-state index in [-0.39, 0.29) is 11.9 Å². The number of likely N-dealkylation sites (tertiary alicyclic amines) is 1. The summed E-state index contributed by atoms with van der Waals surface area (Å²) in [5.41, 5.74) is 1.80. The Kier molecular flexibility index (Phi) is 4.33. The van der Waals surface area contributed by atoms with Crippen LogP contribution in [-0.4, -0.2) is 32.3 Å². The first-order valence-corrected chi connectivity index (χ1v) is 8.36. The van der Waals surface area contributed by atoms with Crippen molar-refractivity contribution in [3.05, 3.63) is 29.2 Å². The Morgan fingerprint density at radius 3 is 3.00 bits per heavy atom. The van der Waals surface area contributed by atoms with Gasteiger partial charge < -0.3 is 10.2 Å². The van der Waals surface area contributed by atoms with Crippen LogP contribution in [0.25, 0.3) is 0 Å². The fourth-order valence-electron chi connectivity index (χ4n) is 2.75. The molecule has 0 unspecified atom stereocenters. The second-order valence-corrected chi connectivity index (χ2v) is 6.17. The normalized spacial score (nSPS) is 17.7. The van der Waals surface area contributed by atoms with E-state index < -0.39 is 0 Å². The van der Waals surface area contributed by atoms with Gasteiger partial charge in [0.05, 0.1) is 11.7 Å². The van der Waals surface area contributed by atoms with Gasteiger partial charge in [0.2, 0.25) is 5.91 Å². The second-order valence-electron chi connectivity index (χ2n) is 5.31. The smallest absolute Gasteiger partial charge is 0.222 e. The molecule has 22 heavy (non-hydrogen) atoms. The predicted octanol–water partition coefficient (Wildman–Crippen LogP) is 3.06. The highest BCUT2D eigenvalue weighted by molar-refractivity contribution is 7.13. The maximum atomic E-state index is 12.1. The molecule has 1 aliphatic heterocycles. The first-order chi connectivity index (χ1) is 10.7. The number of carbonyl (C=O) groups is 1. The molecule has 1 saturated heterocycles. The molecule has 116 valence electrons. The van der Waals surface area contributed by atoms with Crippen LogP contribution in [0.3, 0.4) is 0 Å². The number of rotatable bonds is 4. The van der Waals surface area contributed by atoms with Crippen LogP contribution in [0.4, 0.5) is 10.9 Å². The largest absolute Gasteiger partial charge is 0.334 e. The SMILES string of the molecule is CCC(=O)N1CCC[C@H]1c1nccnc1Nc1nc(C)cs1. The lowest BCUT2D eigenvalue weighted by molar-refractivity contribution is -0.131. The number of hydrogen-bond donors (Lipinski definition) is 1. The summed E-state index contributed by atoms with van der Waals surface area (Å²) >= 11 is 1.54. The van der Waals surface area contributed by atoms with Crippen LogP contribution in [-0.2, 0) is 4.79 Å². The highest BCUT2D eigenvalue weighted by Gasteiger charge is 2.32. The Morgan fingerprint density at radius 2 is 2.27 bits per heavy atom. The minimum absolute atomic E-state index is 0.00436. The zero-order valence-electron chi connectivity index (χ0n) is 12.7. The van der Waals surface area contributed by atoms with Gasteiger partial charge in [0.15, 0.2) is 10.9 Å². The quantitative estimate of drug-likeness (QED) is 0.938. The fourth-order valence-corrected chi connectivity index (χ4v) is 3.44. The summed E-state index contributed by atoms with van der Waals surface area (Å²) in [6, 6.07) is 0.00436. The Hall–Kier alpha value is -2.02. The second kappa shape index (κ2) is 6.39. The van der Waals surface area contributed by atoms with Crippen LogP contribution >= 0.6 is 11.3 Å². The lowest BCUT2D eigenvalue weighted by atomic mass is 10.1. The standard InChI is InChI=1S/C15H19N5OS/c1-3-12(21)20-8-4-5-11(20)13-14(17-7-6-16-13)19-15-18-10(2)9-22-15/h6-7,9,11H,3-5,8H2,1-2H3,(H,17,18,19)/t11-/m0/s1. The van der Waals surface area contributed by atoms with E-state index in [1.807, 2.05) is 24.1 Å². The molecule has 1 atom stereocenters. The summed E-state index contributed by atoms with van der Waals surface area (Å²) in [5, 5.41) is 6.03. The molecular formula is C15H19N5OS. The van der Waals surface area contributed by atoms with E-state index in [4.69, 9.17) is 0 Å². The van der Waals surface area contributed by atoms with Crippen molar-refractivity contribution in [3.63, 3.8) is 0 Å². The number of anilines is 2. The fraction of sp³-hybridized carbons (Fsp3) is 0.467. The number of carbonyl (C=O) groups excluding carboxylic acids is 1. The maximum absolute atomic E-state index is 12.1. The van der Waals surface area contributed by atoms with Crippen LogP contribution in [0.1, 0.15) is 43.6 Å². The summed E-state index contributed by atoms with van der Waals surface area (Å²) in [4.78, 5) is 27.3. The Morgan fingerprint density at radius 1 is 1.45 bits per heavy atom. The van der Waals surface area contributed by atoms with Gasteiger partial charge >= 0.3 is 0 Å². The molecular weight excluding hydrogens is 298 g/mol. The number of hydrogen-bond acceptors (Lipinski definition) is 6. The Balaban J connectivity index is 1.89. The molecule has 3 rings (SSSR count). The maximum Gasteiger partial charge on any atom is 0.222 e. The van der Waals surface area contributed by atoms with Gasteiger partial charge in [0, 0.05) is 30.7 Å². The molecule has 3 heterocycles.